The Morgan fingerprint density at radius 1 is 0.517 bits per heavy atom. The zero-order valence-corrected chi connectivity index (χ0v) is 22.2. The van der Waals surface area contributed by atoms with Gasteiger partial charge in [0, 0.05) is 12.2 Å². The average Bonchev–Trinajstić information content (AvgIpc) is 2.70. The lowest BCUT2D eigenvalue weighted by atomic mass is 10.0. The second-order valence-electron chi connectivity index (χ2n) is 9.51. The Bertz CT molecular complexity index is 323. The van der Waals surface area contributed by atoms with Crippen LogP contribution >= 0.6 is 0 Å². The number of hydrogen-bond acceptors (Lipinski definition) is 2. The Morgan fingerprint density at radius 2 is 0.828 bits per heavy atom. The Hall–Kier alpha value is 0.137. The van der Waals surface area contributed by atoms with Gasteiger partial charge in [-0.3, -0.25) is 0 Å². The van der Waals surface area contributed by atoms with E-state index >= 15 is 0 Å². The Balaban J connectivity index is 3.64. The van der Waals surface area contributed by atoms with Gasteiger partial charge in [0.05, 0.1) is 0 Å². The third-order valence-electron chi connectivity index (χ3n) is 6.29. The van der Waals surface area contributed by atoms with Crippen molar-refractivity contribution in [3.8, 4) is 0 Å². The highest BCUT2D eigenvalue weighted by molar-refractivity contribution is 6.66. The minimum absolute atomic E-state index is 0.326. The highest BCUT2D eigenvalue weighted by Gasteiger charge is 2.34. The van der Waals surface area contributed by atoms with E-state index in [1.165, 1.54) is 96.3 Å². The lowest BCUT2D eigenvalue weighted by Gasteiger charge is -2.32. The normalized spacial score (nSPS) is 15.9. The van der Waals surface area contributed by atoms with E-state index in [0.29, 0.717) is 12.2 Å². The van der Waals surface area contributed by atoms with Crippen LogP contribution in [0, 0.1) is 0 Å². The summed E-state index contributed by atoms with van der Waals surface area (Å²) in [7, 11) is -2.02. The predicted octanol–water partition coefficient (Wildman–Crippen LogP) is 9.56. The summed E-state index contributed by atoms with van der Waals surface area (Å²) in [6, 6.07) is 1.15. The van der Waals surface area contributed by atoms with E-state index in [1.54, 1.807) is 0 Å². The van der Waals surface area contributed by atoms with Crippen LogP contribution in [0.15, 0.2) is 0 Å². The summed E-state index contributed by atoms with van der Waals surface area (Å²) < 4.78 is 12.8. The SMILES string of the molecule is CCCCCCCCCCCCCCCCC[Si](C)(OC(C)CC)OC(C)CC. The van der Waals surface area contributed by atoms with Gasteiger partial charge in [-0.25, -0.2) is 0 Å². The third kappa shape index (κ3) is 18.6. The second kappa shape index (κ2) is 20.1. The van der Waals surface area contributed by atoms with Crippen molar-refractivity contribution in [3.05, 3.63) is 0 Å². The summed E-state index contributed by atoms with van der Waals surface area (Å²) in [5.74, 6) is 0. The molecule has 0 aromatic heterocycles. The van der Waals surface area contributed by atoms with Crippen molar-refractivity contribution in [1.29, 1.82) is 0 Å². The van der Waals surface area contributed by atoms with Gasteiger partial charge in [-0.15, -0.1) is 0 Å². The van der Waals surface area contributed by atoms with E-state index in [0.717, 1.165) is 18.9 Å². The molecule has 2 unspecified atom stereocenters. The Labute approximate surface area is 186 Å². The molecule has 0 saturated heterocycles. The van der Waals surface area contributed by atoms with Crippen LogP contribution in [0.25, 0.3) is 0 Å². The summed E-state index contributed by atoms with van der Waals surface area (Å²) in [6.07, 6.45) is 24.1. The molecule has 0 aliphatic carbocycles. The van der Waals surface area contributed by atoms with Crippen LogP contribution in [0.2, 0.25) is 12.6 Å². The molecule has 0 bridgehead atoms. The van der Waals surface area contributed by atoms with Crippen molar-refractivity contribution in [2.24, 2.45) is 0 Å². The standard InChI is InChI=1S/C26H56O2Si/c1-7-10-11-12-13-14-15-16-17-18-19-20-21-22-23-24-29(6,27-25(4)8-2)28-26(5)9-3/h25-26H,7-24H2,1-6H3. The number of rotatable bonds is 22. The van der Waals surface area contributed by atoms with E-state index in [2.05, 4.69) is 41.2 Å². The molecular formula is C26H56O2Si. The molecule has 0 amide bonds. The van der Waals surface area contributed by atoms with Crippen LogP contribution in [0.1, 0.15) is 144 Å². The minimum Gasteiger partial charge on any atom is -0.392 e. The molecule has 0 aromatic carbocycles. The van der Waals surface area contributed by atoms with E-state index in [-0.39, 0.29) is 0 Å². The van der Waals surface area contributed by atoms with Gasteiger partial charge in [0.25, 0.3) is 0 Å². The molecule has 0 heterocycles. The molecular weight excluding hydrogens is 372 g/mol. The molecule has 0 N–H and O–H groups in total. The molecule has 0 aliphatic heterocycles. The van der Waals surface area contributed by atoms with E-state index < -0.39 is 8.56 Å². The lowest BCUT2D eigenvalue weighted by molar-refractivity contribution is 0.0907. The van der Waals surface area contributed by atoms with Crippen LogP contribution in [0.4, 0.5) is 0 Å². The van der Waals surface area contributed by atoms with Crippen LogP contribution in [-0.2, 0) is 8.85 Å². The first-order valence-corrected chi connectivity index (χ1v) is 15.8. The molecule has 0 spiro atoms. The van der Waals surface area contributed by atoms with Gasteiger partial charge >= 0.3 is 8.56 Å². The summed E-state index contributed by atoms with van der Waals surface area (Å²) >= 11 is 0. The van der Waals surface area contributed by atoms with Crippen LogP contribution in [0.5, 0.6) is 0 Å². The third-order valence-corrected chi connectivity index (χ3v) is 9.35. The van der Waals surface area contributed by atoms with Crippen molar-refractivity contribution < 1.29 is 8.85 Å². The average molecular weight is 429 g/mol. The van der Waals surface area contributed by atoms with Crippen LogP contribution < -0.4 is 0 Å². The maximum absolute atomic E-state index is 6.40. The fourth-order valence-corrected chi connectivity index (χ4v) is 7.20. The molecule has 0 fully saturated rings. The first kappa shape index (κ1) is 29.1. The maximum Gasteiger partial charge on any atom is 0.335 e. The number of unbranched alkanes of at least 4 members (excludes halogenated alkanes) is 14. The molecule has 2 atom stereocenters. The second-order valence-corrected chi connectivity index (χ2v) is 12.7. The van der Waals surface area contributed by atoms with E-state index in [9.17, 15) is 0 Å². The van der Waals surface area contributed by atoms with Crippen molar-refractivity contribution in [1.82, 2.24) is 0 Å². The van der Waals surface area contributed by atoms with Crippen molar-refractivity contribution in [2.75, 3.05) is 0 Å². The highest BCUT2D eigenvalue weighted by Crippen LogP contribution is 2.24. The monoisotopic (exact) mass is 428 g/mol. The molecule has 0 saturated carbocycles. The lowest BCUT2D eigenvalue weighted by Crippen LogP contribution is -2.43. The molecule has 29 heavy (non-hydrogen) atoms. The molecule has 176 valence electrons. The van der Waals surface area contributed by atoms with Gasteiger partial charge in [0.15, 0.2) is 0 Å². The summed E-state index contributed by atoms with van der Waals surface area (Å²) in [5, 5.41) is 0. The smallest absolute Gasteiger partial charge is 0.335 e. The Morgan fingerprint density at radius 3 is 1.14 bits per heavy atom. The molecule has 2 nitrogen and oxygen atoms in total. The summed E-state index contributed by atoms with van der Waals surface area (Å²) in [5.41, 5.74) is 0. The fraction of sp³-hybridized carbons (Fsp3) is 1.00. The minimum atomic E-state index is -2.02. The first-order valence-electron chi connectivity index (χ1n) is 13.3. The van der Waals surface area contributed by atoms with E-state index in [4.69, 9.17) is 8.85 Å². The number of hydrogen-bond donors (Lipinski definition) is 0. The zero-order valence-electron chi connectivity index (χ0n) is 21.2. The Kier molecular flexibility index (Phi) is 20.2. The topological polar surface area (TPSA) is 18.5 Å². The maximum atomic E-state index is 6.40. The van der Waals surface area contributed by atoms with Crippen molar-refractivity contribution in [2.45, 2.75) is 169 Å². The highest BCUT2D eigenvalue weighted by atomic mass is 28.4. The van der Waals surface area contributed by atoms with Crippen molar-refractivity contribution >= 4 is 8.56 Å². The van der Waals surface area contributed by atoms with Gasteiger partial charge in [-0.1, -0.05) is 117 Å². The fourth-order valence-electron chi connectivity index (χ4n) is 3.98. The van der Waals surface area contributed by atoms with Gasteiger partial charge in [0.2, 0.25) is 0 Å². The van der Waals surface area contributed by atoms with Crippen molar-refractivity contribution in [3.63, 3.8) is 0 Å². The molecule has 0 rings (SSSR count). The predicted molar refractivity (Wildman–Crippen MR) is 133 cm³/mol. The first-order chi connectivity index (χ1) is 14.0. The largest absolute Gasteiger partial charge is 0.392 e. The van der Waals surface area contributed by atoms with Gasteiger partial charge in [-0.05, 0) is 39.3 Å². The molecule has 0 aromatic rings. The van der Waals surface area contributed by atoms with Crippen LogP contribution in [0.3, 0.4) is 0 Å². The van der Waals surface area contributed by atoms with Gasteiger partial charge < -0.3 is 8.85 Å². The molecule has 0 radical (unpaired) electrons. The van der Waals surface area contributed by atoms with Gasteiger partial charge in [-0.2, -0.15) is 0 Å². The zero-order chi connectivity index (χ0) is 21.8. The van der Waals surface area contributed by atoms with Crippen LogP contribution in [-0.4, -0.2) is 20.8 Å². The summed E-state index contributed by atoms with van der Waals surface area (Å²) in [6.45, 7) is 13.4. The van der Waals surface area contributed by atoms with E-state index in [1.807, 2.05) is 0 Å². The molecule has 0 aliphatic rings. The molecule has 3 heteroatoms. The van der Waals surface area contributed by atoms with Gasteiger partial charge in [0.1, 0.15) is 0 Å². The quantitative estimate of drug-likeness (QED) is 0.126. The summed E-state index contributed by atoms with van der Waals surface area (Å²) in [4.78, 5) is 0.